The van der Waals surface area contributed by atoms with E-state index in [0.717, 1.165) is 32.1 Å². The van der Waals surface area contributed by atoms with Crippen molar-refractivity contribution in [1.82, 2.24) is 4.31 Å². The number of sulfonamides is 1. The van der Waals surface area contributed by atoms with Crippen LogP contribution in [0.15, 0.2) is 0 Å². The van der Waals surface area contributed by atoms with Crippen LogP contribution < -0.4 is 5.73 Å². The Morgan fingerprint density at radius 1 is 1.31 bits per heavy atom. The molecule has 0 radical (unpaired) electrons. The number of nitrogens with zero attached hydrogens (tertiary/aromatic N) is 1. The predicted molar refractivity (Wildman–Crippen MR) is 66.7 cm³/mol. The van der Waals surface area contributed by atoms with Crippen molar-refractivity contribution in [1.29, 1.82) is 0 Å². The molecule has 1 aliphatic rings. The molecule has 0 bridgehead atoms. The van der Waals surface area contributed by atoms with Crippen molar-refractivity contribution in [3.8, 4) is 0 Å². The van der Waals surface area contributed by atoms with Crippen molar-refractivity contribution in [3.05, 3.63) is 0 Å². The zero-order valence-corrected chi connectivity index (χ0v) is 11.0. The van der Waals surface area contributed by atoms with E-state index in [1.807, 2.05) is 6.92 Å². The fourth-order valence-electron chi connectivity index (χ4n) is 2.17. The maximum Gasteiger partial charge on any atom is 0.214 e. The van der Waals surface area contributed by atoms with Gasteiger partial charge >= 0.3 is 0 Å². The van der Waals surface area contributed by atoms with Crippen LogP contribution in [0.1, 0.15) is 39.0 Å². The molecule has 16 heavy (non-hydrogen) atoms. The number of unbranched alkanes of at least 4 members (excludes halogenated alkanes) is 1. The smallest absolute Gasteiger partial charge is 0.214 e. The summed E-state index contributed by atoms with van der Waals surface area (Å²) in [6.07, 6.45) is 4.68. The number of rotatable bonds is 6. The highest BCUT2D eigenvalue weighted by molar-refractivity contribution is 7.89. The van der Waals surface area contributed by atoms with Gasteiger partial charge in [-0.3, -0.25) is 0 Å². The van der Waals surface area contributed by atoms with E-state index in [4.69, 9.17) is 5.73 Å². The van der Waals surface area contributed by atoms with Crippen LogP contribution in [0.2, 0.25) is 0 Å². The van der Waals surface area contributed by atoms with Crippen LogP contribution >= 0.6 is 0 Å². The van der Waals surface area contributed by atoms with Crippen LogP contribution in [-0.4, -0.2) is 38.1 Å². The Bertz CT molecular complexity index is 282. The molecule has 1 heterocycles. The van der Waals surface area contributed by atoms with Crippen molar-refractivity contribution < 1.29 is 8.42 Å². The van der Waals surface area contributed by atoms with E-state index in [9.17, 15) is 8.42 Å². The lowest BCUT2D eigenvalue weighted by Crippen LogP contribution is -2.40. The van der Waals surface area contributed by atoms with Crippen LogP contribution in [0.3, 0.4) is 0 Å². The third kappa shape index (κ3) is 4.03. The monoisotopic (exact) mass is 248 g/mol. The molecule has 0 amide bonds. The SMILES string of the molecule is CCCCS(=O)(=O)N1CCC(CCN)CC1. The Hall–Kier alpha value is -0.130. The molecule has 0 aromatic carbocycles. The number of hydrogen-bond donors (Lipinski definition) is 1. The molecule has 0 aromatic heterocycles. The van der Waals surface area contributed by atoms with E-state index >= 15 is 0 Å². The Labute approximate surface area is 99.2 Å². The largest absolute Gasteiger partial charge is 0.330 e. The van der Waals surface area contributed by atoms with Gasteiger partial charge in [0, 0.05) is 13.1 Å². The number of nitrogens with two attached hydrogens (primary N) is 1. The molecule has 4 nitrogen and oxygen atoms in total. The molecule has 0 atom stereocenters. The third-order valence-corrected chi connectivity index (χ3v) is 5.25. The van der Waals surface area contributed by atoms with Crippen LogP contribution in [0, 0.1) is 5.92 Å². The molecule has 1 aliphatic heterocycles. The quantitative estimate of drug-likeness (QED) is 0.767. The average molecular weight is 248 g/mol. The Kier molecular flexibility index (Phi) is 5.72. The normalized spacial score (nSPS) is 20.1. The van der Waals surface area contributed by atoms with E-state index in [-0.39, 0.29) is 0 Å². The number of hydrogen-bond acceptors (Lipinski definition) is 3. The predicted octanol–water partition coefficient (Wildman–Crippen LogP) is 1.18. The first kappa shape index (κ1) is 13.9. The topological polar surface area (TPSA) is 63.4 Å². The van der Waals surface area contributed by atoms with Crippen LogP contribution in [0.25, 0.3) is 0 Å². The van der Waals surface area contributed by atoms with Crippen molar-refractivity contribution in [2.45, 2.75) is 39.0 Å². The maximum atomic E-state index is 11.9. The molecule has 2 N–H and O–H groups in total. The van der Waals surface area contributed by atoms with E-state index < -0.39 is 10.0 Å². The fourth-order valence-corrected chi connectivity index (χ4v) is 3.85. The minimum atomic E-state index is -2.98. The first-order chi connectivity index (χ1) is 7.60. The summed E-state index contributed by atoms with van der Waals surface area (Å²) in [6.45, 7) is 4.11. The standard InChI is InChI=1S/C11H24N2O2S/c1-2-3-10-16(14,15)13-8-5-11(4-7-12)6-9-13/h11H,2-10,12H2,1H3. The third-order valence-electron chi connectivity index (χ3n) is 3.30. The Balaban J connectivity index is 2.40. The van der Waals surface area contributed by atoms with Crippen molar-refractivity contribution in [2.24, 2.45) is 11.7 Å². The van der Waals surface area contributed by atoms with E-state index in [2.05, 4.69) is 0 Å². The van der Waals surface area contributed by atoms with E-state index in [0.29, 0.717) is 31.3 Å². The van der Waals surface area contributed by atoms with Crippen molar-refractivity contribution in [2.75, 3.05) is 25.4 Å². The van der Waals surface area contributed by atoms with Gasteiger partial charge in [-0.2, -0.15) is 0 Å². The minimum Gasteiger partial charge on any atom is -0.330 e. The summed E-state index contributed by atoms with van der Waals surface area (Å²) in [7, 11) is -2.98. The molecule has 5 heteroatoms. The zero-order chi connectivity index (χ0) is 12.0. The molecule has 0 spiro atoms. The summed E-state index contributed by atoms with van der Waals surface area (Å²) in [5.41, 5.74) is 5.51. The zero-order valence-electron chi connectivity index (χ0n) is 10.2. The second kappa shape index (κ2) is 6.57. The van der Waals surface area contributed by atoms with Gasteiger partial charge < -0.3 is 5.73 Å². The highest BCUT2D eigenvalue weighted by Crippen LogP contribution is 2.22. The molecular weight excluding hydrogens is 224 g/mol. The maximum absolute atomic E-state index is 11.9. The Morgan fingerprint density at radius 3 is 2.44 bits per heavy atom. The van der Waals surface area contributed by atoms with Gasteiger partial charge in [-0.1, -0.05) is 13.3 Å². The summed E-state index contributed by atoms with van der Waals surface area (Å²) in [6, 6.07) is 0. The summed E-state index contributed by atoms with van der Waals surface area (Å²) >= 11 is 0. The van der Waals surface area contributed by atoms with Crippen LogP contribution in [-0.2, 0) is 10.0 Å². The number of piperidine rings is 1. The van der Waals surface area contributed by atoms with Crippen molar-refractivity contribution in [3.63, 3.8) is 0 Å². The van der Waals surface area contributed by atoms with E-state index in [1.54, 1.807) is 4.31 Å². The first-order valence-electron chi connectivity index (χ1n) is 6.28. The molecule has 0 unspecified atom stereocenters. The lowest BCUT2D eigenvalue weighted by Gasteiger charge is -2.31. The second-order valence-corrected chi connectivity index (χ2v) is 6.68. The molecule has 0 saturated carbocycles. The minimum absolute atomic E-state index is 0.311. The van der Waals surface area contributed by atoms with Gasteiger partial charge in [-0.05, 0) is 38.1 Å². The van der Waals surface area contributed by atoms with Gasteiger partial charge in [0.2, 0.25) is 10.0 Å². The highest BCUT2D eigenvalue weighted by Gasteiger charge is 2.26. The van der Waals surface area contributed by atoms with E-state index in [1.165, 1.54) is 0 Å². The highest BCUT2D eigenvalue weighted by atomic mass is 32.2. The summed E-state index contributed by atoms with van der Waals surface area (Å²) in [5, 5.41) is 0. The van der Waals surface area contributed by atoms with Gasteiger partial charge in [-0.25, -0.2) is 12.7 Å². The lowest BCUT2D eigenvalue weighted by atomic mass is 9.95. The molecule has 1 saturated heterocycles. The second-order valence-electron chi connectivity index (χ2n) is 4.59. The van der Waals surface area contributed by atoms with Crippen molar-refractivity contribution >= 4 is 10.0 Å². The fraction of sp³-hybridized carbons (Fsp3) is 1.00. The average Bonchev–Trinajstić information content (AvgIpc) is 2.28. The van der Waals surface area contributed by atoms with Gasteiger partial charge in [0.15, 0.2) is 0 Å². The molecular formula is C11H24N2O2S. The van der Waals surface area contributed by atoms with Gasteiger partial charge in [0.05, 0.1) is 5.75 Å². The lowest BCUT2D eigenvalue weighted by molar-refractivity contribution is 0.265. The molecule has 0 aromatic rings. The first-order valence-corrected chi connectivity index (χ1v) is 7.89. The summed E-state index contributed by atoms with van der Waals surface area (Å²) in [5.74, 6) is 0.938. The van der Waals surface area contributed by atoms with Gasteiger partial charge in [0.25, 0.3) is 0 Å². The Morgan fingerprint density at radius 2 is 1.94 bits per heavy atom. The molecule has 96 valence electrons. The summed E-state index contributed by atoms with van der Waals surface area (Å²) < 4.78 is 25.5. The van der Waals surface area contributed by atoms with Crippen LogP contribution in [0.4, 0.5) is 0 Å². The van der Waals surface area contributed by atoms with Gasteiger partial charge in [-0.15, -0.1) is 0 Å². The van der Waals surface area contributed by atoms with Crippen LogP contribution in [0.5, 0.6) is 0 Å². The van der Waals surface area contributed by atoms with Gasteiger partial charge in [0.1, 0.15) is 0 Å². The molecule has 0 aliphatic carbocycles. The molecule has 1 rings (SSSR count). The molecule has 1 fully saturated rings. The summed E-state index contributed by atoms with van der Waals surface area (Å²) in [4.78, 5) is 0.